The second-order valence-electron chi connectivity index (χ2n) is 7.58. The molecule has 2 aromatic carbocycles. The van der Waals surface area contributed by atoms with Crippen LogP contribution in [0.25, 0.3) is 11.0 Å². The number of hydrogen-bond donors (Lipinski definition) is 1. The predicted octanol–water partition coefficient (Wildman–Crippen LogP) is 2.96. The van der Waals surface area contributed by atoms with E-state index in [9.17, 15) is 13.2 Å². The first-order valence-electron chi connectivity index (χ1n) is 10.3. The minimum absolute atomic E-state index is 0.126. The van der Waals surface area contributed by atoms with E-state index in [0.29, 0.717) is 43.0 Å². The van der Waals surface area contributed by atoms with Gasteiger partial charge in [0.1, 0.15) is 11.6 Å². The molecule has 0 saturated carbocycles. The van der Waals surface area contributed by atoms with Crippen molar-refractivity contribution in [3.05, 3.63) is 53.1 Å². The Kier molecular flexibility index (Phi) is 6.27. The number of fused-ring (bicyclic) bond motifs is 1. The summed E-state index contributed by atoms with van der Waals surface area (Å²) in [6.45, 7) is 3.37. The van der Waals surface area contributed by atoms with Gasteiger partial charge in [0.05, 0.1) is 10.4 Å². The number of sulfonamides is 1. The third-order valence-electron chi connectivity index (χ3n) is 5.41. The number of amides is 1. The first-order chi connectivity index (χ1) is 14.9. The van der Waals surface area contributed by atoms with Gasteiger partial charge in [-0.25, -0.2) is 13.1 Å². The maximum Gasteiger partial charge on any atom is 0.243 e. The third kappa shape index (κ3) is 4.44. The summed E-state index contributed by atoms with van der Waals surface area (Å²) in [5.41, 5.74) is 2.21. The highest BCUT2D eigenvalue weighted by Gasteiger charge is 2.39. The minimum Gasteiger partial charge on any atom is -0.351 e. The van der Waals surface area contributed by atoms with Crippen molar-refractivity contribution in [2.75, 3.05) is 6.54 Å². The van der Waals surface area contributed by atoms with E-state index in [1.165, 1.54) is 10.4 Å². The van der Waals surface area contributed by atoms with Crippen molar-refractivity contribution in [2.24, 2.45) is 0 Å². The maximum absolute atomic E-state index is 13.3. The van der Waals surface area contributed by atoms with Crippen LogP contribution in [0.5, 0.6) is 0 Å². The number of aromatic nitrogens is 3. The molecule has 1 amide bonds. The van der Waals surface area contributed by atoms with Crippen molar-refractivity contribution in [1.82, 2.24) is 24.6 Å². The first-order valence-corrected chi connectivity index (χ1v) is 12.1. The van der Waals surface area contributed by atoms with Crippen LogP contribution in [0.15, 0.2) is 47.4 Å². The molecule has 1 aromatic heterocycles. The van der Waals surface area contributed by atoms with Gasteiger partial charge in [-0.3, -0.25) is 4.79 Å². The maximum atomic E-state index is 13.3. The van der Waals surface area contributed by atoms with Crippen LogP contribution < -0.4 is 5.32 Å². The highest BCUT2D eigenvalue weighted by Crippen LogP contribution is 2.28. The van der Waals surface area contributed by atoms with Crippen molar-refractivity contribution in [2.45, 2.75) is 50.2 Å². The molecule has 1 atom stereocenters. The van der Waals surface area contributed by atoms with E-state index in [2.05, 4.69) is 15.6 Å². The molecule has 0 radical (unpaired) electrons. The van der Waals surface area contributed by atoms with Crippen molar-refractivity contribution in [1.29, 1.82) is 0 Å². The molecule has 10 heteroatoms. The fraction of sp³-hybridized carbons (Fsp3) is 0.381. The quantitative estimate of drug-likeness (QED) is 0.583. The van der Waals surface area contributed by atoms with Gasteiger partial charge >= 0.3 is 0 Å². The highest BCUT2D eigenvalue weighted by molar-refractivity contribution is 7.89. The molecule has 1 aliphatic rings. The molecular weight excluding hydrogens is 438 g/mol. The van der Waals surface area contributed by atoms with Crippen molar-refractivity contribution >= 4 is 38.6 Å². The third-order valence-corrected chi connectivity index (χ3v) is 7.57. The number of carbonyl (C=O) groups is 1. The zero-order chi connectivity index (χ0) is 22.0. The Morgan fingerprint density at radius 1 is 1.23 bits per heavy atom. The molecule has 3 aromatic rings. The molecule has 0 spiro atoms. The number of halogens is 1. The molecule has 1 N–H and O–H groups in total. The summed E-state index contributed by atoms with van der Waals surface area (Å²) in [6, 6.07) is 11.2. The lowest BCUT2D eigenvalue weighted by molar-refractivity contribution is -0.124. The molecule has 0 bridgehead atoms. The molecule has 4 rings (SSSR count). The molecular formula is C21H24ClN5O3S. The summed E-state index contributed by atoms with van der Waals surface area (Å²) < 4.78 is 29.7. The predicted molar refractivity (Wildman–Crippen MR) is 118 cm³/mol. The fourth-order valence-electron chi connectivity index (χ4n) is 3.82. The second kappa shape index (κ2) is 8.94. The van der Waals surface area contributed by atoms with Crippen LogP contribution in [-0.4, -0.2) is 46.2 Å². The van der Waals surface area contributed by atoms with Gasteiger partial charge in [-0.05, 0) is 55.2 Å². The summed E-state index contributed by atoms with van der Waals surface area (Å²) in [6.07, 6.45) is 2.02. The summed E-state index contributed by atoms with van der Waals surface area (Å²) in [5.74, 6) is -0.300. The van der Waals surface area contributed by atoms with E-state index in [0.717, 1.165) is 17.5 Å². The Morgan fingerprint density at radius 3 is 2.74 bits per heavy atom. The van der Waals surface area contributed by atoms with Gasteiger partial charge in [-0.1, -0.05) is 35.9 Å². The molecule has 0 unspecified atom stereocenters. The molecule has 1 saturated heterocycles. The van der Waals surface area contributed by atoms with Crippen LogP contribution in [0.1, 0.15) is 31.7 Å². The number of nitrogens with one attached hydrogen (secondary N) is 1. The van der Waals surface area contributed by atoms with Crippen molar-refractivity contribution in [3.63, 3.8) is 0 Å². The number of rotatable bonds is 7. The summed E-state index contributed by atoms with van der Waals surface area (Å²) in [4.78, 5) is 12.9. The average Bonchev–Trinajstić information content (AvgIpc) is 3.41. The Hall–Kier alpha value is -2.49. The van der Waals surface area contributed by atoms with E-state index < -0.39 is 16.1 Å². The molecule has 8 nitrogen and oxygen atoms in total. The van der Waals surface area contributed by atoms with Crippen LogP contribution in [-0.2, 0) is 27.9 Å². The summed E-state index contributed by atoms with van der Waals surface area (Å²) >= 11 is 5.89. The van der Waals surface area contributed by atoms with Crippen LogP contribution >= 0.6 is 11.6 Å². The Labute approximate surface area is 186 Å². The molecule has 1 aliphatic heterocycles. The SMILES string of the molecule is CCCn1nnc2cc(S(=O)(=O)N3CCC[C@@H]3C(=O)NCc3ccc(Cl)cc3)ccc21. The van der Waals surface area contributed by atoms with Gasteiger partial charge < -0.3 is 5.32 Å². The fourth-order valence-corrected chi connectivity index (χ4v) is 5.63. The van der Waals surface area contributed by atoms with Gasteiger partial charge in [0.25, 0.3) is 0 Å². The lowest BCUT2D eigenvalue weighted by Crippen LogP contribution is -2.45. The van der Waals surface area contributed by atoms with Crippen LogP contribution in [0, 0.1) is 0 Å². The molecule has 1 fully saturated rings. The molecule has 0 aliphatic carbocycles. The standard InChI is InChI=1S/C21H24ClN5O3S/c1-2-11-26-19-10-9-17(13-18(19)24-25-26)31(29,30)27-12-3-4-20(27)21(28)23-14-15-5-7-16(22)8-6-15/h5-10,13,20H,2-4,11-12,14H2,1H3,(H,23,28)/t20-/m1/s1. The summed E-state index contributed by atoms with van der Waals surface area (Å²) in [5, 5.41) is 11.7. The summed E-state index contributed by atoms with van der Waals surface area (Å²) in [7, 11) is -3.84. The van der Waals surface area contributed by atoms with Gasteiger partial charge in [0.15, 0.2) is 0 Å². The highest BCUT2D eigenvalue weighted by atomic mass is 35.5. The zero-order valence-electron chi connectivity index (χ0n) is 17.2. The normalized spacial score (nSPS) is 17.3. The minimum atomic E-state index is -3.84. The largest absolute Gasteiger partial charge is 0.351 e. The van der Waals surface area contributed by atoms with Gasteiger partial charge in [0.2, 0.25) is 15.9 Å². The topological polar surface area (TPSA) is 97.2 Å². The number of benzene rings is 2. The molecule has 31 heavy (non-hydrogen) atoms. The monoisotopic (exact) mass is 461 g/mol. The Morgan fingerprint density at radius 2 is 2.00 bits per heavy atom. The number of aryl methyl sites for hydroxylation is 1. The smallest absolute Gasteiger partial charge is 0.243 e. The lowest BCUT2D eigenvalue weighted by Gasteiger charge is -2.23. The lowest BCUT2D eigenvalue weighted by atomic mass is 10.2. The van der Waals surface area contributed by atoms with Crippen molar-refractivity contribution in [3.8, 4) is 0 Å². The molecule has 2 heterocycles. The first kappa shape index (κ1) is 21.7. The van der Waals surface area contributed by atoms with E-state index in [1.807, 2.05) is 19.1 Å². The average molecular weight is 462 g/mol. The molecule has 164 valence electrons. The van der Waals surface area contributed by atoms with Crippen LogP contribution in [0.3, 0.4) is 0 Å². The zero-order valence-corrected chi connectivity index (χ0v) is 18.7. The van der Waals surface area contributed by atoms with Gasteiger partial charge in [-0.2, -0.15) is 4.31 Å². The Bertz CT molecular complexity index is 1190. The van der Waals surface area contributed by atoms with Crippen molar-refractivity contribution < 1.29 is 13.2 Å². The van der Waals surface area contributed by atoms with Gasteiger partial charge in [0, 0.05) is 24.7 Å². The van der Waals surface area contributed by atoms with Gasteiger partial charge in [-0.15, -0.1) is 5.10 Å². The Balaban J connectivity index is 1.52. The van der Waals surface area contributed by atoms with E-state index in [1.54, 1.807) is 28.9 Å². The van der Waals surface area contributed by atoms with Crippen LogP contribution in [0.4, 0.5) is 0 Å². The second-order valence-corrected chi connectivity index (χ2v) is 9.91. The van der Waals surface area contributed by atoms with E-state index in [4.69, 9.17) is 11.6 Å². The van der Waals surface area contributed by atoms with E-state index in [-0.39, 0.29) is 10.8 Å². The number of hydrogen-bond acceptors (Lipinski definition) is 5. The number of carbonyl (C=O) groups excluding carboxylic acids is 1. The number of nitrogens with zero attached hydrogens (tertiary/aromatic N) is 4. The van der Waals surface area contributed by atoms with Crippen LogP contribution in [0.2, 0.25) is 5.02 Å². The van der Waals surface area contributed by atoms with E-state index >= 15 is 0 Å².